The van der Waals surface area contributed by atoms with Gasteiger partial charge in [0, 0.05) is 15.8 Å². The van der Waals surface area contributed by atoms with Crippen molar-refractivity contribution in [2.75, 3.05) is 33.4 Å². The number of rotatable bonds is 15. The van der Waals surface area contributed by atoms with E-state index >= 15 is 0 Å². The molecule has 0 aliphatic rings. The molecule has 1 rings (SSSR count). The summed E-state index contributed by atoms with van der Waals surface area (Å²) < 4.78 is 1.11. The quantitative estimate of drug-likeness (QED) is 0.289. The molecule has 0 spiro atoms. The van der Waals surface area contributed by atoms with Gasteiger partial charge in [-0.25, -0.2) is 0 Å². The van der Waals surface area contributed by atoms with E-state index in [1.807, 2.05) is 0 Å². The maximum absolute atomic E-state index is 3.46. The summed E-state index contributed by atoms with van der Waals surface area (Å²) in [5, 5.41) is 3.46. The van der Waals surface area contributed by atoms with Crippen molar-refractivity contribution in [3.05, 3.63) is 35.9 Å². The summed E-state index contributed by atoms with van der Waals surface area (Å²) in [4.78, 5) is 0. The number of quaternary nitrogens is 1. The van der Waals surface area contributed by atoms with E-state index < -0.39 is 0 Å². The second kappa shape index (κ2) is 13.6. The molecule has 0 unspecified atom stereocenters. The zero-order valence-electron chi connectivity index (χ0n) is 16.5. The molecule has 2 nitrogen and oxygen atoms in total. The molecule has 1 aromatic carbocycles. The van der Waals surface area contributed by atoms with Crippen molar-refractivity contribution in [1.82, 2.24) is 5.32 Å². The largest absolute Gasteiger partial charge is 0.325 e. The Kier molecular flexibility index (Phi) is 12.1. The van der Waals surface area contributed by atoms with Crippen molar-refractivity contribution in [3.8, 4) is 0 Å². The molecule has 0 bridgehead atoms. The molecule has 3 heteroatoms. The molecule has 0 radical (unpaired) electrons. The van der Waals surface area contributed by atoms with Gasteiger partial charge in [-0.15, -0.1) is 0 Å². The number of nitrogens with zero attached hydrogens (tertiary/aromatic N) is 1. The van der Waals surface area contributed by atoms with Crippen molar-refractivity contribution < 1.29 is 4.48 Å². The number of hydrogen-bond acceptors (Lipinski definition) is 1. The van der Waals surface area contributed by atoms with Crippen LogP contribution in [0.4, 0.5) is 0 Å². The van der Waals surface area contributed by atoms with Crippen LogP contribution in [0.25, 0.3) is 0 Å². The summed E-state index contributed by atoms with van der Waals surface area (Å²) in [6.45, 7) is 3.68. The molecule has 24 heavy (non-hydrogen) atoms. The van der Waals surface area contributed by atoms with Crippen LogP contribution in [-0.4, -0.2) is 48.1 Å². The predicted octanol–water partition coefficient (Wildman–Crippen LogP) is 3.69. The van der Waals surface area contributed by atoms with E-state index in [9.17, 15) is 0 Å². The predicted molar refractivity (Wildman–Crippen MR) is 111 cm³/mol. The lowest BCUT2D eigenvalue weighted by molar-refractivity contribution is -0.903. The summed E-state index contributed by atoms with van der Waals surface area (Å²) in [7, 11) is 6.02. The van der Waals surface area contributed by atoms with E-state index in [4.69, 9.17) is 0 Å². The highest BCUT2D eigenvalue weighted by Crippen LogP contribution is 2.13. The summed E-state index contributed by atoms with van der Waals surface area (Å²) in [5.74, 6) is 0. The van der Waals surface area contributed by atoms with E-state index in [0.717, 1.165) is 11.0 Å². The van der Waals surface area contributed by atoms with Crippen molar-refractivity contribution in [2.24, 2.45) is 0 Å². The number of nitrogens with one attached hydrogen (secondary N) is 1. The molecule has 138 valence electrons. The molecule has 0 aliphatic heterocycles. The zero-order chi connectivity index (χ0) is 17.5. The van der Waals surface area contributed by atoms with E-state index in [1.165, 1.54) is 92.9 Å². The van der Waals surface area contributed by atoms with Gasteiger partial charge in [0.05, 0.1) is 20.6 Å². The third-order valence-corrected chi connectivity index (χ3v) is 5.32. The molecular formula is C21H41N2Si+. The first-order valence-electron chi connectivity index (χ1n) is 10.2. The number of benzene rings is 1. The molecule has 1 N–H and O–H groups in total. The number of unbranched alkanes of at least 4 members (excludes halogenated alkanes) is 8. The normalized spacial score (nSPS) is 11.9. The topological polar surface area (TPSA) is 12.0 Å². The fourth-order valence-electron chi connectivity index (χ4n) is 3.36. The van der Waals surface area contributed by atoms with Gasteiger partial charge in [-0.05, 0) is 32.0 Å². The van der Waals surface area contributed by atoms with E-state index in [0.29, 0.717) is 0 Å². The van der Waals surface area contributed by atoms with Gasteiger partial charge in [-0.2, -0.15) is 0 Å². The van der Waals surface area contributed by atoms with Crippen molar-refractivity contribution >= 4 is 10.2 Å². The molecular weight excluding hydrogens is 308 g/mol. The average Bonchev–Trinajstić information content (AvgIpc) is 2.56. The fraction of sp³-hybridized carbons (Fsp3) is 0.714. The molecule has 0 heterocycles. The highest BCUT2D eigenvalue weighted by molar-refractivity contribution is 6.08. The fourth-order valence-corrected chi connectivity index (χ4v) is 3.71. The number of hydrogen-bond donors (Lipinski definition) is 1. The summed E-state index contributed by atoms with van der Waals surface area (Å²) in [6.07, 6.45) is 14.0. The summed E-state index contributed by atoms with van der Waals surface area (Å²) in [6, 6.07) is 10.9. The van der Waals surface area contributed by atoms with E-state index in [1.54, 1.807) is 0 Å². The van der Waals surface area contributed by atoms with Gasteiger partial charge in [0.15, 0.2) is 0 Å². The molecule has 0 saturated carbocycles. The molecule has 1 aromatic rings. The maximum atomic E-state index is 3.46. The Morgan fingerprint density at radius 2 is 1.33 bits per heavy atom. The van der Waals surface area contributed by atoms with Crippen LogP contribution in [0.15, 0.2) is 30.3 Å². The molecule has 0 aliphatic carbocycles. The SMILES string of the molecule is C[N+](C)(CCCCCCCCCCCNC[SiH3])Cc1ccccc1. The lowest BCUT2D eigenvalue weighted by Gasteiger charge is -2.30. The molecule has 0 amide bonds. The third kappa shape index (κ3) is 11.8. The first-order chi connectivity index (χ1) is 11.6. The smallest absolute Gasteiger partial charge is 0.104 e. The van der Waals surface area contributed by atoms with Gasteiger partial charge < -0.3 is 9.80 Å². The van der Waals surface area contributed by atoms with Crippen LogP contribution < -0.4 is 5.32 Å². The maximum Gasteiger partial charge on any atom is 0.104 e. The van der Waals surface area contributed by atoms with Crippen LogP contribution >= 0.6 is 0 Å². The molecule has 0 saturated heterocycles. The highest BCUT2D eigenvalue weighted by Gasteiger charge is 2.14. The van der Waals surface area contributed by atoms with Gasteiger partial charge in [0.1, 0.15) is 6.54 Å². The minimum Gasteiger partial charge on any atom is -0.325 e. The first kappa shape index (κ1) is 21.4. The molecule has 0 aromatic heterocycles. The van der Waals surface area contributed by atoms with Crippen molar-refractivity contribution in [1.29, 1.82) is 0 Å². The Hall–Kier alpha value is -0.643. The Bertz CT molecular complexity index is 392. The Morgan fingerprint density at radius 1 is 0.792 bits per heavy atom. The highest BCUT2D eigenvalue weighted by atomic mass is 28.1. The summed E-state index contributed by atoms with van der Waals surface area (Å²) >= 11 is 0. The van der Waals surface area contributed by atoms with E-state index in [-0.39, 0.29) is 0 Å². The standard InChI is InChI=1S/C21H41N2Si/c1-23(2,19-21-15-11-10-12-16-21)18-14-9-7-5-3-4-6-8-13-17-22-20-24/h10-12,15-16,22H,3-9,13-14,17-20H2,1-2,24H3/q+1. The van der Waals surface area contributed by atoms with Crippen molar-refractivity contribution in [3.63, 3.8) is 0 Å². The zero-order valence-corrected chi connectivity index (χ0v) is 18.5. The average molecular weight is 350 g/mol. The Labute approximate surface area is 154 Å². The third-order valence-electron chi connectivity index (χ3n) is 4.82. The molecule has 0 atom stereocenters. The van der Waals surface area contributed by atoms with E-state index in [2.05, 4.69) is 49.7 Å². The van der Waals surface area contributed by atoms with Gasteiger partial charge in [0.2, 0.25) is 0 Å². The van der Waals surface area contributed by atoms with Crippen LogP contribution in [0.1, 0.15) is 63.4 Å². The first-order valence-corrected chi connectivity index (χ1v) is 11.6. The Morgan fingerprint density at radius 3 is 1.92 bits per heavy atom. The van der Waals surface area contributed by atoms with Crippen LogP contribution in [0.2, 0.25) is 0 Å². The van der Waals surface area contributed by atoms with Crippen LogP contribution in [0.3, 0.4) is 0 Å². The minimum atomic E-state index is 1.11. The lowest BCUT2D eigenvalue weighted by Crippen LogP contribution is -2.39. The lowest BCUT2D eigenvalue weighted by atomic mass is 10.1. The molecule has 0 fully saturated rings. The van der Waals surface area contributed by atoms with Crippen molar-refractivity contribution in [2.45, 2.75) is 64.3 Å². The van der Waals surface area contributed by atoms with Crippen LogP contribution in [0.5, 0.6) is 0 Å². The Balaban J connectivity index is 1.92. The van der Waals surface area contributed by atoms with Gasteiger partial charge in [-0.1, -0.05) is 68.9 Å². The van der Waals surface area contributed by atoms with Gasteiger partial charge in [-0.3, -0.25) is 0 Å². The van der Waals surface area contributed by atoms with Crippen LogP contribution in [-0.2, 0) is 6.54 Å². The summed E-state index contributed by atoms with van der Waals surface area (Å²) in [5.41, 5.74) is 1.46. The second-order valence-electron chi connectivity index (χ2n) is 7.84. The minimum absolute atomic E-state index is 1.11. The van der Waals surface area contributed by atoms with Crippen LogP contribution in [0, 0.1) is 0 Å². The monoisotopic (exact) mass is 349 g/mol. The second-order valence-corrected chi connectivity index (χ2v) is 8.55. The van der Waals surface area contributed by atoms with Gasteiger partial charge >= 0.3 is 0 Å². The van der Waals surface area contributed by atoms with Gasteiger partial charge in [0.25, 0.3) is 0 Å².